The summed E-state index contributed by atoms with van der Waals surface area (Å²) in [6, 6.07) is 0. The van der Waals surface area contributed by atoms with Crippen LogP contribution in [0.4, 0.5) is 0 Å². The third-order valence-corrected chi connectivity index (χ3v) is 2.22. The Morgan fingerprint density at radius 1 is 1.33 bits per heavy atom. The van der Waals surface area contributed by atoms with Crippen LogP contribution in [0, 0.1) is 11.8 Å². The van der Waals surface area contributed by atoms with Crippen LogP contribution in [0.15, 0.2) is 0 Å². The van der Waals surface area contributed by atoms with E-state index < -0.39 is 0 Å². The van der Waals surface area contributed by atoms with E-state index in [4.69, 9.17) is 0 Å². The predicted molar refractivity (Wildman–Crippen MR) is 32.9 cm³/mol. The van der Waals surface area contributed by atoms with E-state index in [1.165, 1.54) is 0 Å². The quantitative estimate of drug-likeness (QED) is 0.435. The summed E-state index contributed by atoms with van der Waals surface area (Å²) in [5.41, 5.74) is 0. The lowest BCUT2D eigenvalue weighted by Crippen LogP contribution is -2.24. The van der Waals surface area contributed by atoms with Crippen LogP contribution in [0.25, 0.3) is 0 Å². The van der Waals surface area contributed by atoms with Crippen LogP contribution in [0.1, 0.15) is 0 Å². The van der Waals surface area contributed by atoms with Gasteiger partial charge in [0.25, 0.3) is 0 Å². The number of fused-ring (bicyclic) bond motifs is 1. The van der Waals surface area contributed by atoms with Crippen LogP contribution < -0.4 is 10.6 Å². The highest BCUT2D eigenvalue weighted by Gasteiger charge is 2.37. The van der Waals surface area contributed by atoms with E-state index in [0.29, 0.717) is 5.92 Å². The number of amides is 1. The number of hydrogen-bond donors (Lipinski definition) is 2. The Balaban J connectivity index is 2.15. The molecule has 2 saturated heterocycles. The molecule has 2 heterocycles. The van der Waals surface area contributed by atoms with Crippen molar-refractivity contribution in [2.45, 2.75) is 0 Å². The van der Waals surface area contributed by atoms with Gasteiger partial charge >= 0.3 is 0 Å². The van der Waals surface area contributed by atoms with Gasteiger partial charge in [-0.1, -0.05) is 0 Å². The second-order valence-corrected chi connectivity index (χ2v) is 2.77. The van der Waals surface area contributed by atoms with Gasteiger partial charge in [0.2, 0.25) is 5.91 Å². The molecule has 0 unspecified atom stereocenters. The summed E-state index contributed by atoms with van der Waals surface area (Å²) in [5, 5.41) is 6.04. The van der Waals surface area contributed by atoms with Crippen molar-refractivity contribution in [1.82, 2.24) is 10.6 Å². The van der Waals surface area contributed by atoms with E-state index in [9.17, 15) is 4.79 Å². The first kappa shape index (κ1) is 5.23. The molecule has 9 heavy (non-hydrogen) atoms. The number of rotatable bonds is 0. The Labute approximate surface area is 53.8 Å². The van der Waals surface area contributed by atoms with Gasteiger partial charge in [-0.3, -0.25) is 4.79 Å². The summed E-state index contributed by atoms with van der Waals surface area (Å²) in [4.78, 5) is 10.9. The van der Waals surface area contributed by atoms with Gasteiger partial charge in [0.15, 0.2) is 0 Å². The number of carbonyl (C=O) groups is 1. The number of carbonyl (C=O) groups excluding carboxylic acids is 1. The Bertz CT molecular complexity index is 146. The van der Waals surface area contributed by atoms with Crippen LogP contribution in [-0.4, -0.2) is 25.5 Å². The predicted octanol–water partition coefficient (Wildman–Crippen LogP) is -1.05. The molecular formula is C6H10N2O. The smallest absolute Gasteiger partial charge is 0.224 e. The molecule has 2 atom stereocenters. The molecule has 2 aliphatic rings. The molecule has 0 aromatic heterocycles. The molecule has 50 valence electrons. The molecule has 2 aliphatic heterocycles. The van der Waals surface area contributed by atoms with Crippen LogP contribution in [-0.2, 0) is 4.79 Å². The molecule has 0 bridgehead atoms. The first-order chi connectivity index (χ1) is 4.38. The molecule has 1 amide bonds. The SMILES string of the molecule is O=C1NC[C@H]2CNC[C@@H]12. The van der Waals surface area contributed by atoms with Crippen LogP contribution >= 0.6 is 0 Å². The van der Waals surface area contributed by atoms with Crippen LogP contribution in [0.3, 0.4) is 0 Å². The van der Waals surface area contributed by atoms with Crippen molar-refractivity contribution >= 4 is 5.91 Å². The average Bonchev–Trinajstić information content (AvgIpc) is 2.35. The molecule has 2 N–H and O–H groups in total. The summed E-state index contributed by atoms with van der Waals surface area (Å²) in [6.07, 6.45) is 0. The summed E-state index contributed by atoms with van der Waals surface area (Å²) < 4.78 is 0. The monoisotopic (exact) mass is 126 g/mol. The average molecular weight is 126 g/mol. The molecule has 0 radical (unpaired) electrons. The maximum Gasteiger partial charge on any atom is 0.224 e. The lowest BCUT2D eigenvalue weighted by atomic mass is 10.0. The fraction of sp³-hybridized carbons (Fsp3) is 0.833. The highest BCUT2D eigenvalue weighted by Crippen LogP contribution is 2.20. The van der Waals surface area contributed by atoms with Crippen molar-refractivity contribution in [1.29, 1.82) is 0 Å². The van der Waals surface area contributed by atoms with E-state index in [-0.39, 0.29) is 11.8 Å². The summed E-state index contributed by atoms with van der Waals surface area (Å²) in [7, 11) is 0. The first-order valence-electron chi connectivity index (χ1n) is 3.36. The molecule has 2 fully saturated rings. The van der Waals surface area contributed by atoms with Gasteiger partial charge in [-0.2, -0.15) is 0 Å². The zero-order valence-corrected chi connectivity index (χ0v) is 5.18. The van der Waals surface area contributed by atoms with Gasteiger partial charge in [-0.05, 0) is 0 Å². The van der Waals surface area contributed by atoms with Gasteiger partial charge in [0.1, 0.15) is 0 Å². The van der Waals surface area contributed by atoms with Crippen molar-refractivity contribution in [2.75, 3.05) is 19.6 Å². The lowest BCUT2D eigenvalue weighted by Gasteiger charge is -1.98. The lowest BCUT2D eigenvalue weighted by molar-refractivity contribution is -0.122. The van der Waals surface area contributed by atoms with Crippen LogP contribution in [0.5, 0.6) is 0 Å². The van der Waals surface area contributed by atoms with E-state index in [2.05, 4.69) is 10.6 Å². The van der Waals surface area contributed by atoms with E-state index in [1.807, 2.05) is 0 Å². The third-order valence-electron chi connectivity index (χ3n) is 2.22. The van der Waals surface area contributed by atoms with Gasteiger partial charge < -0.3 is 10.6 Å². The van der Waals surface area contributed by atoms with Crippen molar-refractivity contribution in [2.24, 2.45) is 11.8 Å². The highest BCUT2D eigenvalue weighted by molar-refractivity contribution is 5.81. The minimum atomic E-state index is 0.241. The van der Waals surface area contributed by atoms with Gasteiger partial charge in [0.05, 0.1) is 5.92 Å². The van der Waals surface area contributed by atoms with E-state index >= 15 is 0 Å². The van der Waals surface area contributed by atoms with E-state index in [1.54, 1.807) is 0 Å². The largest absolute Gasteiger partial charge is 0.355 e. The zero-order chi connectivity index (χ0) is 6.27. The van der Waals surface area contributed by atoms with Crippen molar-refractivity contribution < 1.29 is 4.79 Å². The Kier molecular flexibility index (Phi) is 0.990. The fourth-order valence-electron chi connectivity index (χ4n) is 1.62. The summed E-state index contributed by atoms with van der Waals surface area (Å²) in [6.45, 7) is 2.79. The Morgan fingerprint density at radius 3 is 3.00 bits per heavy atom. The van der Waals surface area contributed by atoms with Crippen LogP contribution in [0.2, 0.25) is 0 Å². The maximum atomic E-state index is 10.9. The molecule has 0 spiro atoms. The van der Waals surface area contributed by atoms with Crippen molar-refractivity contribution in [3.63, 3.8) is 0 Å². The second-order valence-electron chi connectivity index (χ2n) is 2.77. The number of nitrogens with one attached hydrogen (secondary N) is 2. The second kappa shape index (κ2) is 1.70. The minimum absolute atomic E-state index is 0.241. The molecule has 3 nitrogen and oxygen atoms in total. The summed E-state index contributed by atoms with van der Waals surface area (Å²) in [5.74, 6) is 1.10. The third kappa shape index (κ3) is 0.645. The first-order valence-corrected chi connectivity index (χ1v) is 3.36. The molecule has 2 rings (SSSR count). The molecular weight excluding hydrogens is 116 g/mol. The standard InChI is InChI=1S/C6H10N2O/c9-6-5-3-7-1-4(5)2-8-6/h4-5,7H,1-3H2,(H,8,9)/t4-,5-/m1/s1. The molecule has 0 saturated carbocycles. The maximum absolute atomic E-state index is 10.9. The highest BCUT2D eigenvalue weighted by atomic mass is 16.2. The molecule has 0 aliphatic carbocycles. The van der Waals surface area contributed by atoms with Gasteiger partial charge in [0, 0.05) is 25.6 Å². The van der Waals surface area contributed by atoms with Crippen molar-refractivity contribution in [3.05, 3.63) is 0 Å². The zero-order valence-electron chi connectivity index (χ0n) is 5.18. The molecule has 3 heteroatoms. The van der Waals surface area contributed by atoms with E-state index in [0.717, 1.165) is 19.6 Å². The topological polar surface area (TPSA) is 41.1 Å². The van der Waals surface area contributed by atoms with Gasteiger partial charge in [-0.25, -0.2) is 0 Å². The minimum Gasteiger partial charge on any atom is -0.355 e. The Hall–Kier alpha value is -0.570. The molecule has 0 aromatic carbocycles. The van der Waals surface area contributed by atoms with Gasteiger partial charge in [-0.15, -0.1) is 0 Å². The molecule has 0 aromatic rings. The summed E-state index contributed by atoms with van der Waals surface area (Å²) >= 11 is 0. The fourth-order valence-corrected chi connectivity index (χ4v) is 1.62. The van der Waals surface area contributed by atoms with Crippen molar-refractivity contribution in [3.8, 4) is 0 Å². The Morgan fingerprint density at radius 2 is 2.22 bits per heavy atom. The normalized spacial score (nSPS) is 40.7. The number of hydrogen-bond acceptors (Lipinski definition) is 2.